The molecular formula is C14H20ClN3O. The van der Waals surface area contributed by atoms with Gasteiger partial charge >= 0.3 is 0 Å². The highest BCUT2D eigenvalue weighted by Crippen LogP contribution is 2.14. The van der Waals surface area contributed by atoms with Crippen LogP contribution in [0.3, 0.4) is 0 Å². The van der Waals surface area contributed by atoms with E-state index in [1.165, 1.54) is 5.57 Å². The number of amides is 1. The van der Waals surface area contributed by atoms with Crippen molar-refractivity contribution < 1.29 is 4.79 Å². The largest absolute Gasteiger partial charge is 0.350 e. The van der Waals surface area contributed by atoms with E-state index in [1.807, 2.05) is 11.5 Å². The summed E-state index contributed by atoms with van der Waals surface area (Å²) in [5.74, 6) is -0.0525. The van der Waals surface area contributed by atoms with Crippen molar-refractivity contribution in [1.82, 2.24) is 15.2 Å². The van der Waals surface area contributed by atoms with Crippen LogP contribution in [0.1, 0.15) is 30.3 Å². The molecule has 104 valence electrons. The second-order valence-electron chi connectivity index (χ2n) is 4.65. The van der Waals surface area contributed by atoms with Gasteiger partial charge in [0.15, 0.2) is 0 Å². The van der Waals surface area contributed by atoms with Gasteiger partial charge in [-0.25, -0.2) is 0 Å². The Hall–Kier alpha value is -1.26. The minimum atomic E-state index is -0.0525. The number of carbonyl (C=O) groups is 1. The van der Waals surface area contributed by atoms with E-state index >= 15 is 0 Å². The van der Waals surface area contributed by atoms with Crippen molar-refractivity contribution >= 4 is 17.5 Å². The first-order valence-electron chi connectivity index (χ1n) is 6.73. The van der Waals surface area contributed by atoms with Crippen LogP contribution in [0, 0.1) is 0 Å². The summed E-state index contributed by atoms with van der Waals surface area (Å²) in [6, 6.07) is 1.71. The number of rotatable bonds is 5. The van der Waals surface area contributed by atoms with Crippen LogP contribution in [0.5, 0.6) is 0 Å². The molecule has 0 fully saturated rings. The SMILES string of the molecule is CCn1cc(Cl)cc1C(=O)NCCC1=CCNCC1. The maximum Gasteiger partial charge on any atom is 0.267 e. The molecule has 0 unspecified atom stereocenters. The Morgan fingerprint density at radius 3 is 3.11 bits per heavy atom. The number of hydrogen-bond acceptors (Lipinski definition) is 2. The minimum Gasteiger partial charge on any atom is -0.350 e. The lowest BCUT2D eigenvalue weighted by atomic mass is 10.1. The quantitative estimate of drug-likeness (QED) is 0.813. The van der Waals surface area contributed by atoms with Gasteiger partial charge in [-0.2, -0.15) is 0 Å². The van der Waals surface area contributed by atoms with Gasteiger partial charge in [-0.05, 0) is 32.4 Å². The van der Waals surface area contributed by atoms with Gasteiger partial charge in [-0.1, -0.05) is 23.3 Å². The fourth-order valence-electron chi connectivity index (χ4n) is 2.25. The summed E-state index contributed by atoms with van der Waals surface area (Å²) in [6.07, 6.45) is 5.99. The molecule has 0 saturated carbocycles. The number of nitrogens with zero attached hydrogens (tertiary/aromatic N) is 1. The third-order valence-electron chi connectivity index (χ3n) is 3.33. The molecule has 2 rings (SSSR count). The molecule has 19 heavy (non-hydrogen) atoms. The topological polar surface area (TPSA) is 46.1 Å². The second kappa shape index (κ2) is 6.78. The van der Waals surface area contributed by atoms with Gasteiger partial charge in [0, 0.05) is 25.8 Å². The van der Waals surface area contributed by atoms with Crippen molar-refractivity contribution in [3.05, 3.63) is 34.6 Å². The normalized spacial score (nSPS) is 15.2. The monoisotopic (exact) mass is 281 g/mol. The Morgan fingerprint density at radius 2 is 2.42 bits per heavy atom. The van der Waals surface area contributed by atoms with Gasteiger partial charge in [-0.15, -0.1) is 0 Å². The van der Waals surface area contributed by atoms with Crippen LogP contribution < -0.4 is 10.6 Å². The van der Waals surface area contributed by atoms with Crippen LogP contribution in [0.15, 0.2) is 23.9 Å². The zero-order valence-corrected chi connectivity index (χ0v) is 12.0. The first-order valence-corrected chi connectivity index (χ1v) is 7.11. The van der Waals surface area contributed by atoms with E-state index in [0.29, 0.717) is 17.3 Å². The lowest BCUT2D eigenvalue weighted by Crippen LogP contribution is -2.28. The first-order chi connectivity index (χ1) is 9.20. The average molecular weight is 282 g/mol. The first kappa shape index (κ1) is 14.2. The average Bonchev–Trinajstić information content (AvgIpc) is 2.81. The molecule has 2 heterocycles. The predicted molar refractivity (Wildman–Crippen MR) is 77.6 cm³/mol. The molecule has 1 aromatic rings. The van der Waals surface area contributed by atoms with Crippen LogP contribution in [0.2, 0.25) is 5.02 Å². The summed E-state index contributed by atoms with van der Waals surface area (Å²) >= 11 is 5.93. The zero-order chi connectivity index (χ0) is 13.7. The molecular weight excluding hydrogens is 262 g/mol. The van der Waals surface area contributed by atoms with Crippen LogP contribution in [0.4, 0.5) is 0 Å². The van der Waals surface area contributed by atoms with E-state index in [-0.39, 0.29) is 5.91 Å². The number of carbonyl (C=O) groups excluding carboxylic acids is 1. The molecule has 1 aliphatic heterocycles. The smallest absolute Gasteiger partial charge is 0.267 e. The third kappa shape index (κ3) is 3.85. The summed E-state index contributed by atoms with van der Waals surface area (Å²) in [4.78, 5) is 12.1. The lowest BCUT2D eigenvalue weighted by Gasteiger charge is -2.14. The van der Waals surface area contributed by atoms with Gasteiger partial charge in [0.05, 0.1) is 5.02 Å². The van der Waals surface area contributed by atoms with E-state index in [2.05, 4.69) is 16.7 Å². The molecule has 0 aliphatic carbocycles. The Bertz CT molecular complexity index is 479. The summed E-state index contributed by atoms with van der Waals surface area (Å²) in [6.45, 7) is 5.39. The molecule has 0 radical (unpaired) electrons. The van der Waals surface area contributed by atoms with E-state index < -0.39 is 0 Å². The summed E-state index contributed by atoms with van der Waals surface area (Å²) in [7, 11) is 0. The molecule has 2 N–H and O–H groups in total. The van der Waals surface area contributed by atoms with Gasteiger partial charge < -0.3 is 15.2 Å². The van der Waals surface area contributed by atoms with Gasteiger partial charge in [-0.3, -0.25) is 4.79 Å². The summed E-state index contributed by atoms with van der Waals surface area (Å²) < 4.78 is 1.86. The molecule has 1 aromatic heterocycles. The molecule has 5 heteroatoms. The molecule has 0 aromatic carbocycles. The molecule has 0 spiro atoms. The molecule has 0 atom stereocenters. The van der Waals surface area contributed by atoms with Gasteiger partial charge in [0.2, 0.25) is 0 Å². The Kier molecular flexibility index (Phi) is 5.05. The minimum absolute atomic E-state index is 0.0525. The van der Waals surface area contributed by atoms with Crippen molar-refractivity contribution in [2.24, 2.45) is 0 Å². The van der Waals surface area contributed by atoms with E-state index in [9.17, 15) is 4.79 Å². The molecule has 0 bridgehead atoms. The summed E-state index contributed by atoms with van der Waals surface area (Å²) in [5, 5.41) is 6.84. The van der Waals surface area contributed by atoms with E-state index in [1.54, 1.807) is 12.3 Å². The van der Waals surface area contributed by atoms with Crippen LogP contribution in [0.25, 0.3) is 0 Å². The van der Waals surface area contributed by atoms with Crippen LogP contribution in [-0.2, 0) is 6.54 Å². The Labute approximate surface area is 118 Å². The van der Waals surface area contributed by atoms with Crippen molar-refractivity contribution in [3.8, 4) is 0 Å². The summed E-state index contributed by atoms with van der Waals surface area (Å²) in [5.41, 5.74) is 2.05. The van der Waals surface area contributed by atoms with Crippen molar-refractivity contribution in [2.45, 2.75) is 26.3 Å². The molecule has 1 amide bonds. The van der Waals surface area contributed by atoms with Crippen LogP contribution in [-0.4, -0.2) is 30.1 Å². The number of hydrogen-bond donors (Lipinski definition) is 2. The third-order valence-corrected chi connectivity index (χ3v) is 3.53. The van der Waals surface area contributed by atoms with Gasteiger partial charge in [0.25, 0.3) is 5.91 Å². The fourth-order valence-corrected chi connectivity index (χ4v) is 2.47. The van der Waals surface area contributed by atoms with Crippen molar-refractivity contribution in [2.75, 3.05) is 19.6 Å². The Balaban J connectivity index is 1.85. The highest BCUT2D eigenvalue weighted by molar-refractivity contribution is 6.31. The standard InChI is InChI=1S/C14H20ClN3O/c1-2-18-10-12(15)9-13(18)14(19)17-8-5-11-3-6-16-7-4-11/h3,9-10,16H,2,4-8H2,1H3,(H,17,19). The van der Waals surface area contributed by atoms with E-state index in [0.717, 1.165) is 32.5 Å². The highest BCUT2D eigenvalue weighted by atomic mass is 35.5. The molecule has 4 nitrogen and oxygen atoms in total. The van der Waals surface area contributed by atoms with Crippen molar-refractivity contribution in [1.29, 1.82) is 0 Å². The van der Waals surface area contributed by atoms with Crippen LogP contribution >= 0.6 is 11.6 Å². The number of halogens is 1. The predicted octanol–water partition coefficient (Wildman–Crippen LogP) is 2.20. The zero-order valence-electron chi connectivity index (χ0n) is 11.2. The highest BCUT2D eigenvalue weighted by Gasteiger charge is 2.12. The van der Waals surface area contributed by atoms with E-state index in [4.69, 9.17) is 11.6 Å². The van der Waals surface area contributed by atoms with Crippen molar-refractivity contribution in [3.63, 3.8) is 0 Å². The lowest BCUT2D eigenvalue weighted by molar-refractivity contribution is 0.0945. The number of nitrogens with one attached hydrogen (secondary N) is 2. The second-order valence-corrected chi connectivity index (χ2v) is 5.09. The maximum atomic E-state index is 12.1. The molecule has 0 saturated heterocycles. The maximum absolute atomic E-state index is 12.1. The number of aryl methyl sites for hydroxylation is 1. The van der Waals surface area contributed by atoms with Gasteiger partial charge in [0.1, 0.15) is 5.69 Å². The molecule has 1 aliphatic rings. The fraction of sp³-hybridized carbons (Fsp3) is 0.500. The Morgan fingerprint density at radius 1 is 1.58 bits per heavy atom. The number of aromatic nitrogens is 1.